The maximum absolute atomic E-state index is 5.58. The average molecular weight is 194 g/mol. The van der Waals surface area contributed by atoms with Gasteiger partial charge in [0, 0.05) is 19.6 Å². The lowest BCUT2D eigenvalue weighted by molar-refractivity contribution is 0.313. The topological polar surface area (TPSA) is 47.3 Å². The average Bonchev–Trinajstić information content (AvgIpc) is 2.20. The first kappa shape index (κ1) is 11.0. The number of benzene rings is 1. The Labute approximate surface area is 85.3 Å². The molecule has 0 bridgehead atoms. The molecule has 3 nitrogen and oxygen atoms in total. The van der Waals surface area contributed by atoms with Crippen molar-refractivity contribution in [1.29, 1.82) is 0 Å². The molecule has 14 heavy (non-hydrogen) atoms. The molecule has 0 heterocycles. The SMILES string of the molecule is Cc1ccccc1OCCNCCN. The Bertz CT molecular complexity index is 263. The third-order valence-corrected chi connectivity index (χ3v) is 1.95. The number of para-hydroxylation sites is 1. The largest absolute Gasteiger partial charge is 0.492 e. The van der Waals surface area contributed by atoms with Gasteiger partial charge in [0.2, 0.25) is 0 Å². The number of nitrogens with two attached hydrogens (primary N) is 1. The van der Waals surface area contributed by atoms with Gasteiger partial charge in [-0.15, -0.1) is 0 Å². The number of hydrogen-bond acceptors (Lipinski definition) is 3. The fraction of sp³-hybridized carbons (Fsp3) is 0.455. The summed E-state index contributed by atoms with van der Waals surface area (Å²) in [4.78, 5) is 0. The van der Waals surface area contributed by atoms with Gasteiger partial charge >= 0.3 is 0 Å². The van der Waals surface area contributed by atoms with Crippen molar-refractivity contribution >= 4 is 0 Å². The summed E-state index contributed by atoms with van der Waals surface area (Å²) in [5, 5.41) is 3.17. The van der Waals surface area contributed by atoms with Crippen LogP contribution in [0.25, 0.3) is 0 Å². The van der Waals surface area contributed by atoms with Gasteiger partial charge in [0.25, 0.3) is 0 Å². The van der Waals surface area contributed by atoms with Crippen molar-refractivity contribution in [3.63, 3.8) is 0 Å². The molecule has 0 saturated carbocycles. The van der Waals surface area contributed by atoms with Crippen LogP contribution in [0.15, 0.2) is 24.3 Å². The fourth-order valence-electron chi connectivity index (χ4n) is 1.18. The molecule has 0 aliphatic carbocycles. The van der Waals surface area contributed by atoms with E-state index in [0.29, 0.717) is 13.2 Å². The smallest absolute Gasteiger partial charge is 0.122 e. The van der Waals surface area contributed by atoms with Crippen LogP contribution in [-0.2, 0) is 0 Å². The molecule has 0 fully saturated rings. The van der Waals surface area contributed by atoms with Gasteiger partial charge in [0.15, 0.2) is 0 Å². The molecule has 0 radical (unpaired) electrons. The molecule has 0 spiro atoms. The summed E-state index contributed by atoms with van der Waals surface area (Å²) in [6, 6.07) is 8.02. The summed E-state index contributed by atoms with van der Waals surface area (Å²) in [7, 11) is 0. The molecule has 1 aromatic rings. The van der Waals surface area contributed by atoms with Crippen LogP contribution in [0.3, 0.4) is 0 Å². The van der Waals surface area contributed by atoms with Crippen LogP contribution < -0.4 is 15.8 Å². The Hall–Kier alpha value is -1.06. The maximum Gasteiger partial charge on any atom is 0.122 e. The van der Waals surface area contributed by atoms with E-state index in [-0.39, 0.29) is 0 Å². The molecule has 0 atom stereocenters. The maximum atomic E-state index is 5.58. The van der Waals surface area contributed by atoms with Crippen molar-refractivity contribution in [2.45, 2.75) is 6.92 Å². The van der Waals surface area contributed by atoms with Crippen LogP contribution in [0.2, 0.25) is 0 Å². The van der Waals surface area contributed by atoms with E-state index in [1.165, 1.54) is 5.56 Å². The molecule has 0 aliphatic heterocycles. The van der Waals surface area contributed by atoms with E-state index < -0.39 is 0 Å². The van der Waals surface area contributed by atoms with Crippen molar-refractivity contribution < 1.29 is 4.74 Å². The summed E-state index contributed by atoms with van der Waals surface area (Å²) >= 11 is 0. The highest BCUT2D eigenvalue weighted by Crippen LogP contribution is 2.15. The Morgan fingerprint density at radius 2 is 2.07 bits per heavy atom. The molecule has 0 unspecified atom stereocenters. The lowest BCUT2D eigenvalue weighted by Gasteiger charge is -2.08. The highest BCUT2D eigenvalue weighted by Gasteiger charge is 1.95. The lowest BCUT2D eigenvalue weighted by atomic mass is 10.2. The van der Waals surface area contributed by atoms with Crippen LogP contribution in [-0.4, -0.2) is 26.2 Å². The molecule has 0 saturated heterocycles. The molecule has 0 amide bonds. The molecule has 1 aromatic carbocycles. The van der Waals surface area contributed by atoms with Gasteiger partial charge in [0.1, 0.15) is 12.4 Å². The number of ether oxygens (including phenoxy) is 1. The number of rotatable bonds is 6. The first-order valence-electron chi connectivity index (χ1n) is 4.94. The highest BCUT2D eigenvalue weighted by atomic mass is 16.5. The molecular weight excluding hydrogens is 176 g/mol. The number of nitrogens with one attached hydrogen (secondary N) is 1. The zero-order chi connectivity index (χ0) is 10.2. The predicted octanol–water partition coefficient (Wildman–Crippen LogP) is 0.922. The third kappa shape index (κ3) is 3.77. The van der Waals surface area contributed by atoms with Crippen LogP contribution in [0.1, 0.15) is 5.56 Å². The van der Waals surface area contributed by atoms with Crippen LogP contribution in [0.4, 0.5) is 0 Å². The number of aryl methyl sites for hydroxylation is 1. The summed E-state index contributed by atoms with van der Waals surface area (Å²) < 4.78 is 5.58. The molecule has 3 heteroatoms. The fourth-order valence-corrected chi connectivity index (χ4v) is 1.18. The monoisotopic (exact) mass is 194 g/mol. The molecule has 78 valence electrons. The van der Waals surface area contributed by atoms with E-state index in [1.54, 1.807) is 0 Å². The second kappa shape index (κ2) is 6.40. The van der Waals surface area contributed by atoms with Crippen LogP contribution in [0, 0.1) is 6.92 Å². The van der Waals surface area contributed by atoms with Gasteiger partial charge in [-0.25, -0.2) is 0 Å². The minimum absolute atomic E-state index is 0.671. The second-order valence-corrected chi connectivity index (χ2v) is 3.15. The van der Waals surface area contributed by atoms with Crippen LogP contribution in [0.5, 0.6) is 5.75 Å². The molecule has 1 rings (SSSR count). The standard InChI is InChI=1S/C11H18N2O/c1-10-4-2-3-5-11(10)14-9-8-13-7-6-12/h2-5,13H,6-9,12H2,1H3. The van der Waals surface area contributed by atoms with E-state index in [1.807, 2.05) is 31.2 Å². The Morgan fingerprint density at radius 3 is 2.79 bits per heavy atom. The van der Waals surface area contributed by atoms with E-state index in [2.05, 4.69) is 5.32 Å². The Balaban J connectivity index is 2.21. The van der Waals surface area contributed by atoms with Gasteiger partial charge in [-0.1, -0.05) is 18.2 Å². The van der Waals surface area contributed by atoms with Crippen molar-refractivity contribution in [3.05, 3.63) is 29.8 Å². The van der Waals surface area contributed by atoms with E-state index >= 15 is 0 Å². The van der Waals surface area contributed by atoms with Crippen molar-refractivity contribution in [2.75, 3.05) is 26.2 Å². The zero-order valence-corrected chi connectivity index (χ0v) is 8.62. The van der Waals surface area contributed by atoms with E-state index in [0.717, 1.165) is 18.8 Å². The van der Waals surface area contributed by atoms with Gasteiger partial charge in [0.05, 0.1) is 0 Å². The number of hydrogen-bond donors (Lipinski definition) is 2. The first-order valence-corrected chi connectivity index (χ1v) is 4.94. The summed E-state index contributed by atoms with van der Waals surface area (Å²) in [6.07, 6.45) is 0. The van der Waals surface area contributed by atoms with Crippen molar-refractivity contribution in [1.82, 2.24) is 5.32 Å². The predicted molar refractivity (Wildman–Crippen MR) is 58.6 cm³/mol. The van der Waals surface area contributed by atoms with Gasteiger partial charge in [-0.05, 0) is 18.6 Å². The quantitative estimate of drug-likeness (QED) is 0.662. The highest BCUT2D eigenvalue weighted by molar-refractivity contribution is 5.31. The summed E-state index contributed by atoms with van der Waals surface area (Å²) in [6.45, 7) is 5.08. The molecule has 0 aromatic heterocycles. The van der Waals surface area contributed by atoms with Gasteiger partial charge in [-0.3, -0.25) is 0 Å². The minimum Gasteiger partial charge on any atom is -0.492 e. The minimum atomic E-state index is 0.671. The summed E-state index contributed by atoms with van der Waals surface area (Å²) in [5.41, 5.74) is 6.52. The Morgan fingerprint density at radius 1 is 1.29 bits per heavy atom. The third-order valence-electron chi connectivity index (χ3n) is 1.95. The normalized spacial score (nSPS) is 10.1. The molecule has 0 aliphatic rings. The van der Waals surface area contributed by atoms with Crippen molar-refractivity contribution in [3.8, 4) is 5.75 Å². The molecule has 3 N–H and O–H groups in total. The van der Waals surface area contributed by atoms with Gasteiger partial charge in [-0.2, -0.15) is 0 Å². The first-order chi connectivity index (χ1) is 6.84. The molecular formula is C11H18N2O. The second-order valence-electron chi connectivity index (χ2n) is 3.15. The lowest BCUT2D eigenvalue weighted by Crippen LogP contribution is -2.26. The summed E-state index contributed by atoms with van der Waals surface area (Å²) in [5.74, 6) is 0.960. The van der Waals surface area contributed by atoms with Crippen LogP contribution >= 0.6 is 0 Å². The van der Waals surface area contributed by atoms with E-state index in [9.17, 15) is 0 Å². The Kier molecular flexibility index (Phi) is 5.04. The zero-order valence-electron chi connectivity index (χ0n) is 8.62. The van der Waals surface area contributed by atoms with Gasteiger partial charge < -0.3 is 15.8 Å². The van der Waals surface area contributed by atoms with E-state index in [4.69, 9.17) is 10.5 Å². The van der Waals surface area contributed by atoms with Crippen molar-refractivity contribution in [2.24, 2.45) is 5.73 Å².